The number of aliphatic carboxylic acids is 3. The number of rotatable bonds is 19. The minimum atomic E-state index is -1.69. The number of nitrogens with two attached hydrogens (primary N) is 4. The second-order valence-electron chi connectivity index (χ2n) is 8.06. The molecular weight excluding hydrogens is 496 g/mol. The van der Waals surface area contributed by atoms with Crippen LogP contribution in [-0.4, -0.2) is 94.2 Å². The van der Waals surface area contributed by atoms with Crippen LogP contribution in [0.3, 0.4) is 0 Å². The summed E-state index contributed by atoms with van der Waals surface area (Å²) >= 11 is 0. The molecule has 0 heterocycles. The Balaban J connectivity index is 5.61. The van der Waals surface area contributed by atoms with Crippen molar-refractivity contribution in [3.8, 4) is 0 Å². The Labute approximate surface area is 212 Å². The number of hydrogen-bond donors (Lipinski definition) is 10. The molecule has 0 radical (unpaired) electrons. The van der Waals surface area contributed by atoms with E-state index in [0.717, 1.165) is 0 Å². The molecular formula is C20H36N8O9. The van der Waals surface area contributed by atoms with Gasteiger partial charge in [-0.25, -0.2) is 4.79 Å². The Morgan fingerprint density at radius 3 is 1.73 bits per heavy atom. The summed E-state index contributed by atoms with van der Waals surface area (Å²) in [6, 6.07) is -5.90. The molecule has 0 saturated carbocycles. The van der Waals surface area contributed by atoms with Gasteiger partial charge in [-0.2, -0.15) is 0 Å². The minimum absolute atomic E-state index is 0.0248. The van der Waals surface area contributed by atoms with E-state index in [2.05, 4.69) is 20.9 Å². The molecule has 0 aromatic heterocycles. The second-order valence-corrected chi connectivity index (χ2v) is 8.06. The van der Waals surface area contributed by atoms with Crippen molar-refractivity contribution in [2.75, 3.05) is 13.1 Å². The van der Waals surface area contributed by atoms with Gasteiger partial charge >= 0.3 is 17.9 Å². The first-order valence-electron chi connectivity index (χ1n) is 11.4. The number of nitrogens with zero attached hydrogens (tertiary/aromatic N) is 1. The quantitative estimate of drug-likeness (QED) is 0.0431. The zero-order valence-electron chi connectivity index (χ0n) is 20.2. The number of unbranched alkanes of at least 4 members (excludes halogenated alkanes) is 1. The van der Waals surface area contributed by atoms with Crippen molar-refractivity contribution in [3.05, 3.63) is 0 Å². The van der Waals surface area contributed by atoms with Gasteiger partial charge < -0.3 is 54.2 Å². The normalized spacial score (nSPS) is 13.8. The van der Waals surface area contributed by atoms with E-state index in [1.54, 1.807) is 0 Å². The average molecular weight is 533 g/mol. The van der Waals surface area contributed by atoms with Crippen molar-refractivity contribution in [2.24, 2.45) is 27.9 Å². The lowest BCUT2D eigenvalue weighted by Gasteiger charge is -2.24. The lowest BCUT2D eigenvalue weighted by Crippen LogP contribution is -2.57. The number of amides is 3. The van der Waals surface area contributed by atoms with Crippen LogP contribution in [0.15, 0.2) is 4.99 Å². The third kappa shape index (κ3) is 14.9. The molecule has 4 atom stereocenters. The molecule has 0 bridgehead atoms. The fourth-order valence-electron chi connectivity index (χ4n) is 3.01. The molecule has 17 heteroatoms. The summed E-state index contributed by atoms with van der Waals surface area (Å²) in [5.41, 5.74) is 21.4. The molecule has 14 N–H and O–H groups in total. The lowest BCUT2D eigenvalue weighted by molar-refractivity contribution is -0.143. The van der Waals surface area contributed by atoms with Crippen molar-refractivity contribution < 1.29 is 44.1 Å². The van der Waals surface area contributed by atoms with Gasteiger partial charge in [0.25, 0.3) is 0 Å². The summed E-state index contributed by atoms with van der Waals surface area (Å²) in [6.45, 7) is 0.371. The van der Waals surface area contributed by atoms with Gasteiger partial charge in [-0.05, 0) is 38.6 Å². The van der Waals surface area contributed by atoms with Crippen LogP contribution < -0.4 is 38.9 Å². The van der Waals surface area contributed by atoms with E-state index in [0.29, 0.717) is 19.4 Å². The van der Waals surface area contributed by atoms with Crippen LogP contribution in [0, 0.1) is 0 Å². The zero-order chi connectivity index (χ0) is 28.5. The van der Waals surface area contributed by atoms with Crippen molar-refractivity contribution in [3.63, 3.8) is 0 Å². The average Bonchev–Trinajstić information content (AvgIpc) is 2.78. The predicted octanol–water partition coefficient (Wildman–Crippen LogP) is -4.02. The summed E-state index contributed by atoms with van der Waals surface area (Å²) in [5.74, 6) is -7.42. The van der Waals surface area contributed by atoms with Crippen LogP contribution >= 0.6 is 0 Å². The minimum Gasteiger partial charge on any atom is -0.481 e. The predicted molar refractivity (Wildman–Crippen MR) is 129 cm³/mol. The first kappa shape index (κ1) is 33.0. The van der Waals surface area contributed by atoms with Crippen molar-refractivity contribution in [1.82, 2.24) is 16.0 Å². The fourth-order valence-corrected chi connectivity index (χ4v) is 3.01. The third-order valence-electron chi connectivity index (χ3n) is 4.88. The SMILES string of the molecule is NCCCCC(NC(=O)C(CC(=O)O)NC(=O)C(CCCN=C(N)N)NC(=O)C(N)CC(=O)O)C(=O)O. The maximum Gasteiger partial charge on any atom is 0.326 e. The van der Waals surface area contributed by atoms with Gasteiger partial charge in [0.05, 0.1) is 18.9 Å². The van der Waals surface area contributed by atoms with Gasteiger partial charge in [-0.15, -0.1) is 0 Å². The van der Waals surface area contributed by atoms with Crippen molar-refractivity contribution >= 4 is 41.6 Å². The monoisotopic (exact) mass is 532 g/mol. The van der Waals surface area contributed by atoms with E-state index in [4.69, 9.17) is 28.0 Å². The van der Waals surface area contributed by atoms with Gasteiger partial charge in [0, 0.05) is 6.54 Å². The van der Waals surface area contributed by atoms with E-state index in [1.807, 2.05) is 0 Å². The van der Waals surface area contributed by atoms with E-state index in [9.17, 15) is 39.0 Å². The molecule has 37 heavy (non-hydrogen) atoms. The Hall–Kier alpha value is -3.99. The van der Waals surface area contributed by atoms with E-state index >= 15 is 0 Å². The summed E-state index contributed by atoms with van der Waals surface area (Å²) in [4.78, 5) is 75.2. The second kappa shape index (κ2) is 17.4. The highest BCUT2D eigenvalue weighted by atomic mass is 16.4. The molecule has 0 aromatic carbocycles. The highest BCUT2D eigenvalue weighted by molar-refractivity contribution is 5.96. The topological polar surface area (TPSA) is 316 Å². The van der Waals surface area contributed by atoms with Gasteiger partial charge in [-0.1, -0.05) is 0 Å². The van der Waals surface area contributed by atoms with Crippen LogP contribution in [0.1, 0.15) is 44.9 Å². The van der Waals surface area contributed by atoms with Crippen LogP contribution in [0.2, 0.25) is 0 Å². The third-order valence-corrected chi connectivity index (χ3v) is 4.88. The van der Waals surface area contributed by atoms with E-state index in [-0.39, 0.29) is 31.8 Å². The van der Waals surface area contributed by atoms with Crippen LogP contribution in [0.5, 0.6) is 0 Å². The number of carboxylic acid groups (broad SMARTS) is 3. The number of guanidine groups is 1. The number of carbonyl (C=O) groups is 6. The first-order chi connectivity index (χ1) is 17.3. The maximum absolute atomic E-state index is 12.9. The van der Waals surface area contributed by atoms with Gasteiger partial charge in [-0.3, -0.25) is 29.0 Å². The van der Waals surface area contributed by atoms with Crippen molar-refractivity contribution in [1.29, 1.82) is 0 Å². The molecule has 0 saturated heterocycles. The molecule has 0 aliphatic rings. The summed E-state index contributed by atoms with van der Waals surface area (Å²) in [5, 5.41) is 34.0. The largest absolute Gasteiger partial charge is 0.481 e. The molecule has 0 spiro atoms. The lowest BCUT2D eigenvalue weighted by atomic mass is 10.1. The molecule has 0 aliphatic heterocycles. The molecule has 17 nitrogen and oxygen atoms in total. The highest BCUT2D eigenvalue weighted by Crippen LogP contribution is 2.05. The van der Waals surface area contributed by atoms with Crippen LogP contribution in [0.4, 0.5) is 0 Å². The molecule has 3 amide bonds. The number of carbonyl (C=O) groups excluding carboxylic acids is 3. The summed E-state index contributed by atoms with van der Waals surface area (Å²) < 4.78 is 0. The molecule has 0 aromatic rings. The van der Waals surface area contributed by atoms with Gasteiger partial charge in [0.2, 0.25) is 17.7 Å². The number of hydrogen-bond acceptors (Lipinski definition) is 9. The van der Waals surface area contributed by atoms with Gasteiger partial charge in [0.1, 0.15) is 18.1 Å². The number of carboxylic acids is 3. The molecule has 0 fully saturated rings. The molecule has 0 aliphatic carbocycles. The van der Waals surface area contributed by atoms with Crippen LogP contribution in [-0.2, 0) is 28.8 Å². The van der Waals surface area contributed by atoms with E-state index in [1.165, 1.54) is 0 Å². The Morgan fingerprint density at radius 1 is 0.703 bits per heavy atom. The standard InChI is InChI=1S/C20H36N8O9/c21-6-2-1-4-12(19(36)37)27-18(35)13(9-15(31)32)28-17(34)11(5-3-7-25-20(23)24)26-16(33)10(22)8-14(29)30/h10-13H,1-9,21-22H2,(H,26,33)(H,27,35)(H,28,34)(H,29,30)(H,31,32)(H,36,37)(H4,23,24,25). The van der Waals surface area contributed by atoms with Gasteiger partial charge in [0.15, 0.2) is 5.96 Å². The Bertz CT molecular complexity index is 848. The molecule has 210 valence electrons. The zero-order valence-corrected chi connectivity index (χ0v) is 20.2. The first-order valence-corrected chi connectivity index (χ1v) is 11.4. The number of nitrogens with one attached hydrogen (secondary N) is 3. The highest BCUT2D eigenvalue weighted by Gasteiger charge is 2.31. The fraction of sp³-hybridized carbons (Fsp3) is 0.650. The summed E-state index contributed by atoms with van der Waals surface area (Å²) in [7, 11) is 0. The Morgan fingerprint density at radius 2 is 1.22 bits per heavy atom. The Kier molecular flexibility index (Phi) is 15.6. The smallest absolute Gasteiger partial charge is 0.326 e. The summed E-state index contributed by atoms with van der Waals surface area (Å²) in [6.07, 6.45) is -0.644. The van der Waals surface area contributed by atoms with Crippen molar-refractivity contribution in [2.45, 2.75) is 69.1 Å². The van der Waals surface area contributed by atoms with Crippen LogP contribution in [0.25, 0.3) is 0 Å². The van der Waals surface area contributed by atoms with E-state index < -0.39 is 72.6 Å². The molecule has 0 rings (SSSR count). The number of aliphatic imine (C=N–C) groups is 1. The maximum atomic E-state index is 12.9. The molecule has 4 unspecified atom stereocenters.